The molecule has 6 nitrogen and oxygen atoms in total. The van der Waals surface area contributed by atoms with Crippen molar-refractivity contribution in [2.45, 2.75) is 38.8 Å². The number of benzene rings is 1. The zero-order valence-corrected chi connectivity index (χ0v) is 14.4. The maximum Gasteiger partial charge on any atom is 0.241 e. The Labute approximate surface area is 142 Å². The van der Waals surface area contributed by atoms with Crippen LogP contribution in [0.25, 0.3) is 11.4 Å². The molecule has 24 heavy (non-hydrogen) atoms. The molecule has 0 amide bonds. The predicted octanol–water partition coefficient (Wildman–Crippen LogP) is 3.14. The van der Waals surface area contributed by atoms with Gasteiger partial charge in [0.15, 0.2) is 0 Å². The minimum atomic E-state index is 0.322. The molecule has 0 bridgehead atoms. The monoisotopic (exact) mass is 331 g/mol. The summed E-state index contributed by atoms with van der Waals surface area (Å²) in [5, 5.41) is 4.09. The van der Waals surface area contributed by atoms with Gasteiger partial charge in [-0.05, 0) is 50.1 Å². The largest absolute Gasteiger partial charge is 0.497 e. The fourth-order valence-electron chi connectivity index (χ4n) is 2.95. The van der Waals surface area contributed by atoms with Crippen LogP contribution in [-0.2, 0) is 11.3 Å². The Hall–Kier alpha value is -1.92. The lowest BCUT2D eigenvalue weighted by Gasteiger charge is -2.31. The van der Waals surface area contributed by atoms with Crippen LogP contribution in [-0.4, -0.2) is 48.0 Å². The molecule has 1 aromatic heterocycles. The smallest absolute Gasteiger partial charge is 0.241 e. The van der Waals surface area contributed by atoms with Gasteiger partial charge in [0.1, 0.15) is 5.75 Å². The van der Waals surface area contributed by atoms with Gasteiger partial charge in [-0.2, -0.15) is 4.98 Å². The third-order valence-electron chi connectivity index (χ3n) is 4.20. The number of rotatable bonds is 7. The molecule has 6 heteroatoms. The van der Waals surface area contributed by atoms with Crippen LogP contribution in [0.3, 0.4) is 0 Å². The average Bonchev–Trinajstić information content (AvgIpc) is 3.09. The first-order valence-corrected chi connectivity index (χ1v) is 8.59. The number of likely N-dealkylation sites (tertiary alicyclic amines) is 1. The second-order valence-electron chi connectivity index (χ2n) is 6.11. The van der Waals surface area contributed by atoms with Gasteiger partial charge < -0.3 is 14.0 Å². The highest BCUT2D eigenvalue weighted by Crippen LogP contribution is 2.21. The predicted molar refractivity (Wildman–Crippen MR) is 90.8 cm³/mol. The van der Waals surface area contributed by atoms with Gasteiger partial charge in [0, 0.05) is 18.7 Å². The fourth-order valence-corrected chi connectivity index (χ4v) is 2.95. The zero-order chi connectivity index (χ0) is 16.8. The fraction of sp³-hybridized carbons (Fsp3) is 0.556. The Morgan fingerprint density at radius 3 is 2.88 bits per heavy atom. The molecule has 0 radical (unpaired) electrons. The third kappa shape index (κ3) is 4.33. The Morgan fingerprint density at radius 2 is 2.12 bits per heavy atom. The van der Waals surface area contributed by atoms with E-state index in [9.17, 15) is 0 Å². The molecule has 0 N–H and O–H groups in total. The molecule has 1 fully saturated rings. The van der Waals surface area contributed by atoms with Crippen molar-refractivity contribution in [1.29, 1.82) is 0 Å². The maximum atomic E-state index is 5.88. The van der Waals surface area contributed by atoms with Gasteiger partial charge in [-0.15, -0.1) is 0 Å². The van der Waals surface area contributed by atoms with Crippen molar-refractivity contribution >= 4 is 0 Å². The zero-order valence-electron chi connectivity index (χ0n) is 14.4. The van der Waals surface area contributed by atoms with Gasteiger partial charge in [0.25, 0.3) is 0 Å². The summed E-state index contributed by atoms with van der Waals surface area (Å²) in [6, 6.07) is 7.66. The van der Waals surface area contributed by atoms with Crippen LogP contribution in [0.4, 0.5) is 0 Å². The Balaban J connectivity index is 1.59. The molecule has 0 unspecified atom stereocenters. The Kier molecular flexibility index (Phi) is 5.82. The number of nitrogens with zero attached hydrogens (tertiary/aromatic N) is 3. The van der Waals surface area contributed by atoms with E-state index >= 15 is 0 Å². The topological polar surface area (TPSA) is 60.6 Å². The van der Waals surface area contributed by atoms with Crippen molar-refractivity contribution in [2.24, 2.45) is 0 Å². The van der Waals surface area contributed by atoms with Gasteiger partial charge in [0.2, 0.25) is 11.7 Å². The van der Waals surface area contributed by atoms with Crippen LogP contribution in [0.2, 0.25) is 0 Å². The van der Waals surface area contributed by atoms with E-state index in [1.54, 1.807) is 7.11 Å². The molecule has 1 aromatic carbocycles. The van der Waals surface area contributed by atoms with E-state index < -0.39 is 0 Å². The highest BCUT2D eigenvalue weighted by Gasteiger charge is 2.22. The van der Waals surface area contributed by atoms with Crippen molar-refractivity contribution in [2.75, 3.05) is 26.8 Å². The van der Waals surface area contributed by atoms with Crippen molar-refractivity contribution in [3.8, 4) is 17.1 Å². The Bertz CT molecular complexity index is 627. The molecular formula is C18H25N3O3. The van der Waals surface area contributed by atoms with Gasteiger partial charge >= 0.3 is 0 Å². The summed E-state index contributed by atoms with van der Waals surface area (Å²) in [7, 11) is 1.65. The van der Waals surface area contributed by atoms with Crippen LogP contribution in [0.15, 0.2) is 28.8 Å². The number of hydrogen-bond acceptors (Lipinski definition) is 6. The van der Waals surface area contributed by atoms with E-state index in [4.69, 9.17) is 14.0 Å². The summed E-state index contributed by atoms with van der Waals surface area (Å²) in [6.07, 6.45) is 3.67. The maximum absolute atomic E-state index is 5.88. The molecular weight excluding hydrogens is 306 g/mol. The van der Waals surface area contributed by atoms with Crippen LogP contribution in [0.5, 0.6) is 5.75 Å². The second-order valence-corrected chi connectivity index (χ2v) is 6.11. The number of hydrogen-bond donors (Lipinski definition) is 0. The normalized spacial score (nSPS) is 18.7. The van der Waals surface area contributed by atoms with Gasteiger partial charge in [-0.25, -0.2) is 0 Å². The highest BCUT2D eigenvalue weighted by atomic mass is 16.5. The first kappa shape index (κ1) is 16.9. The first-order valence-electron chi connectivity index (χ1n) is 8.59. The minimum absolute atomic E-state index is 0.322. The van der Waals surface area contributed by atoms with Gasteiger partial charge in [-0.1, -0.05) is 12.1 Å². The minimum Gasteiger partial charge on any atom is -0.497 e. The number of aromatic nitrogens is 2. The average molecular weight is 331 g/mol. The summed E-state index contributed by atoms with van der Waals surface area (Å²) in [5.74, 6) is 2.08. The summed E-state index contributed by atoms with van der Waals surface area (Å²) in [6.45, 7) is 5.63. The molecule has 0 spiro atoms. The lowest BCUT2D eigenvalue weighted by Crippen LogP contribution is -2.39. The SMILES string of the molecule is CCCO[C@@H]1CCCN(Cc2nc(-c3ccc(OC)cc3)no2)C1. The van der Waals surface area contributed by atoms with Crippen LogP contribution < -0.4 is 4.74 Å². The molecule has 130 valence electrons. The standard InChI is InChI=1S/C18H25N3O3/c1-3-11-23-16-5-4-10-21(12-16)13-17-19-18(20-24-17)14-6-8-15(22-2)9-7-14/h6-9,16H,3-5,10-13H2,1-2H3/t16-/m1/s1. The third-order valence-corrected chi connectivity index (χ3v) is 4.20. The molecule has 1 saturated heterocycles. The summed E-state index contributed by atoms with van der Waals surface area (Å²) < 4.78 is 16.5. The van der Waals surface area contributed by atoms with Crippen molar-refractivity contribution in [1.82, 2.24) is 15.0 Å². The van der Waals surface area contributed by atoms with Crippen molar-refractivity contribution in [3.63, 3.8) is 0 Å². The molecule has 3 rings (SSSR count). The van der Waals surface area contributed by atoms with Crippen molar-refractivity contribution < 1.29 is 14.0 Å². The summed E-state index contributed by atoms with van der Waals surface area (Å²) in [4.78, 5) is 6.84. The second kappa shape index (κ2) is 8.26. The lowest BCUT2D eigenvalue weighted by molar-refractivity contribution is -0.00455. The van der Waals surface area contributed by atoms with E-state index in [2.05, 4.69) is 22.0 Å². The van der Waals surface area contributed by atoms with E-state index in [0.717, 1.165) is 50.3 Å². The molecule has 2 heterocycles. The van der Waals surface area contributed by atoms with E-state index in [1.165, 1.54) is 0 Å². The first-order chi connectivity index (χ1) is 11.8. The number of ether oxygens (including phenoxy) is 2. The van der Waals surface area contributed by atoms with Gasteiger partial charge in [-0.3, -0.25) is 4.90 Å². The summed E-state index contributed by atoms with van der Waals surface area (Å²) in [5.41, 5.74) is 0.925. The van der Waals surface area contributed by atoms with E-state index in [0.29, 0.717) is 24.4 Å². The summed E-state index contributed by atoms with van der Waals surface area (Å²) >= 11 is 0. The van der Waals surface area contributed by atoms with E-state index in [-0.39, 0.29) is 0 Å². The highest BCUT2D eigenvalue weighted by molar-refractivity contribution is 5.55. The van der Waals surface area contributed by atoms with E-state index in [1.807, 2.05) is 24.3 Å². The number of piperidine rings is 1. The van der Waals surface area contributed by atoms with Crippen LogP contribution >= 0.6 is 0 Å². The van der Waals surface area contributed by atoms with Crippen molar-refractivity contribution in [3.05, 3.63) is 30.2 Å². The molecule has 1 atom stereocenters. The van der Waals surface area contributed by atoms with Crippen LogP contribution in [0, 0.1) is 0 Å². The van der Waals surface area contributed by atoms with Crippen LogP contribution in [0.1, 0.15) is 32.1 Å². The Morgan fingerprint density at radius 1 is 1.29 bits per heavy atom. The molecule has 0 aliphatic carbocycles. The molecule has 0 saturated carbocycles. The number of methoxy groups -OCH3 is 1. The quantitative estimate of drug-likeness (QED) is 0.777. The lowest BCUT2D eigenvalue weighted by atomic mass is 10.1. The van der Waals surface area contributed by atoms with Gasteiger partial charge in [0.05, 0.1) is 19.8 Å². The molecule has 1 aliphatic heterocycles. The molecule has 2 aromatic rings. The molecule has 1 aliphatic rings.